The van der Waals surface area contributed by atoms with Gasteiger partial charge in [-0.1, -0.05) is 0 Å². The summed E-state index contributed by atoms with van der Waals surface area (Å²) in [5, 5.41) is 0. The summed E-state index contributed by atoms with van der Waals surface area (Å²) in [6, 6.07) is 0. The Kier molecular flexibility index (Phi) is 2.25. The van der Waals surface area contributed by atoms with Gasteiger partial charge in [0.15, 0.2) is 5.82 Å². The van der Waals surface area contributed by atoms with E-state index in [0.717, 1.165) is 37.5 Å². The number of imidazole rings is 1. The van der Waals surface area contributed by atoms with Crippen molar-refractivity contribution >= 4 is 11.3 Å². The number of aromatic nitrogens is 3. The second-order valence-corrected chi connectivity index (χ2v) is 4.23. The van der Waals surface area contributed by atoms with E-state index < -0.39 is 0 Å². The molecular formula is C11H15N5. The van der Waals surface area contributed by atoms with Crippen LogP contribution in [0, 0.1) is 0 Å². The van der Waals surface area contributed by atoms with Crippen molar-refractivity contribution in [1.29, 1.82) is 0 Å². The van der Waals surface area contributed by atoms with E-state index in [1.165, 1.54) is 0 Å². The summed E-state index contributed by atoms with van der Waals surface area (Å²) in [4.78, 5) is 13.3. The first-order valence-corrected chi connectivity index (χ1v) is 5.55. The molecule has 0 spiro atoms. The summed E-state index contributed by atoms with van der Waals surface area (Å²) in [5.41, 5.74) is 1.09. The topological polar surface area (TPSA) is 36.7 Å². The first-order chi connectivity index (χ1) is 7.84. The van der Waals surface area contributed by atoms with Crippen molar-refractivity contribution in [2.75, 3.05) is 38.1 Å². The van der Waals surface area contributed by atoms with Crippen LogP contribution < -0.4 is 4.90 Å². The lowest BCUT2D eigenvalue weighted by atomic mass is 10.3. The molecule has 84 valence electrons. The maximum atomic E-state index is 4.47. The highest BCUT2D eigenvalue weighted by Gasteiger charge is 2.17. The van der Waals surface area contributed by atoms with Gasteiger partial charge < -0.3 is 14.2 Å². The number of hydrogen-bond donors (Lipinski definition) is 0. The van der Waals surface area contributed by atoms with Gasteiger partial charge in [0, 0.05) is 38.6 Å². The number of likely N-dealkylation sites (N-methyl/N-ethyl adjacent to an activating group) is 1. The maximum Gasteiger partial charge on any atom is 0.156 e. The SMILES string of the molecule is CN1CCN(c2ncn3ccncc23)CC1. The van der Waals surface area contributed by atoms with Crippen molar-refractivity contribution in [3.8, 4) is 0 Å². The van der Waals surface area contributed by atoms with E-state index in [-0.39, 0.29) is 0 Å². The molecule has 3 rings (SSSR count). The monoisotopic (exact) mass is 217 g/mol. The minimum atomic E-state index is 1.04. The van der Waals surface area contributed by atoms with Gasteiger partial charge in [0.1, 0.15) is 11.8 Å². The third-order valence-corrected chi connectivity index (χ3v) is 3.12. The Labute approximate surface area is 94.3 Å². The van der Waals surface area contributed by atoms with Gasteiger partial charge in [-0.2, -0.15) is 0 Å². The van der Waals surface area contributed by atoms with E-state index in [0.29, 0.717) is 0 Å². The maximum absolute atomic E-state index is 4.47. The second-order valence-electron chi connectivity index (χ2n) is 4.23. The Morgan fingerprint density at radius 3 is 2.81 bits per heavy atom. The summed E-state index contributed by atoms with van der Waals surface area (Å²) in [6.07, 6.45) is 7.44. The third kappa shape index (κ3) is 1.53. The van der Waals surface area contributed by atoms with Crippen LogP contribution in [0.25, 0.3) is 5.52 Å². The summed E-state index contributed by atoms with van der Waals surface area (Å²) in [6.45, 7) is 4.27. The van der Waals surface area contributed by atoms with Gasteiger partial charge >= 0.3 is 0 Å². The molecule has 0 N–H and O–H groups in total. The Morgan fingerprint density at radius 1 is 1.19 bits per heavy atom. The number of piperazine rings is 1. The molecule has 1 aliphatic heterocycles. The highest BCUT2D eigenvalue weighted by molar-refractivity contribution is 5.68. The minimum Gasteiger partial charge on any atom is -0.352 e. The summed E-state index contributed by atoms with van der Waals surface area (Å²) in [7, 11) is 2.16. The fraction of sp³-hybridized carbons (Fsp3) is 0.455. The summed E-state index contributed by atoms with van der Waals surface area (Å²) < 4.78 is 2.01. The van der Waals surface area contributed by atoms with Gasteiger partial charge in [-0.3, -0.25) is 4.98 Å². The van der Waals surface area contributed by atoms with E-state index in [1.54, 1.807) is 6.20 Å². The van der Waals surface area contributed by atoms with E-state index in [4.69, 9.17) is 0 Å². The van der Waals surface area contributed by atoms with Crippen molar-refractivity contribution < 1.29 is 0 Å². The van der Waals surface area contributed by atoms with Crippen LogP contribution in [0.4, 0.5) is 5.82 Å². The van der Waals surface area contributed by atoms with Crippen LogP contribution in [0.1, 0.15) is 0 Å². The fourth-order valence-corrected chi connectivity index (χ4v) is 2.09. The van der Waals surface area contributed by atoms with Crippen LogP contribution in [0.3, 0.4) is 0 Å². The van der Waals surface area contributed by atoms with Crippen LogP contribution in [-0.2, 0) is 0 Å². The van der Waals surface area contributed by atoms with Gasteiger partial charge in [0.05, 0.1) is 6.20 Å². The van der Waals surface area contributed by atoms with Crippen molar-refractivity contribution in [3.63, 3.8) is 0 Å². The zero-order valence-corrected chi connectivity index (χ0v) is 9.37. The molecule has 5 heteroatoms. The average molecular weight is 217 g/mol. The zero-order valence-electron chi connectivity index (χ0n) is 9.37. The minimum absolute atomic E-state index is 1.04. The standard InChI is InChI=1S/C11H15N5/c1-14-4-6-15(7-5-14)11-10-8-12-2-3-16(10)9-13-11/h2-3,8-9H,4-7H2,1H3. The number of fused-ring (bicyclic) bond motifs is 1. The predicted octanol–water partition coefficient (Wildman–Crippen LogP) is 0.481. The van der Waals surface area contributed by atoms with Crippen molar-refractivity contribution in [2.45, 2.75) is 0 Å². The zero-order chi connectivity index (χ0) is 11.0. The van der Waals surface area contributed by atoms with Crippen molar-refractivity contribution in [1.82, 2.24) is 19.3 Å². The van der Waals surface area contributed by atoms with Crippen LogP contribution in [0.15, 0.2) is 24.9 Å². The molecule has 0 radical (unpaired) electrons. The molecular weight excluding hydrogens is 202 g/mol. The molecule has 2 aromatic heterocycles. The summed E-state index contributed by atoms with van der Waals surface area (Å²) in [5.74, 6) is 1.06. The van der Waals surface area contributed by atoms with Crippen LogP contribution >= 0.6 is 0 Å². The third-order valence-electron chi connectivity index (χ3n) is 3.12. The van der Waals surface area contributed by atoms with Gasteiger partial charge in [-0.15, -0.1) is 0 Å². The lowest BCUT2D eigenvalue weighted by Gasteiger charge is -2.32. The predicted molar refractivity (Wildman–Crippen MR) is 62.7 cm³/mol. The van der Waals surface area contributed by atoms with Crippen LogP contribution in [0.2, 0.25) is 0 Å². The number of nitrogens with zero attached hydrogens (tertiary/aromatic N) is 5. The molecule has 0 aliphatic carbocycles. The summed E-state index contributed by atoms with van der Waals surface area (Å²) >= 11 is 0. The molecule has 0 amide bonds. The van der Waals surface area contributed by atoms with Gasteiger partial charge in [0.2, 0.25) is 0 Å². The molecule has 0 aromatic carbocycles. The molecule has 3 heterocycles. The van der Waals surface area contributed by atoms with Crippen molar-refractivity contribution in [2.24, 2.45) is 0 Å². The van der Waals surface area contributed by atoms with E-state index in [1.807, 2.05) is 23.1 Å². The normalized spacial score (nSPS) is 18.2. The second kappa shape index (κ2) is 3.75. The van der Waals surface area contributed by atoms with Crippen molar-refractivity contribution in [3.05, 3.63) is 24.9 Å². The molecule has 1 saturated heterocycles. The Morgan fingerprint density at radius 2 is 2.00 bits per heavy atom. The van der Waals surface area contributed by atoms with E-state index in [9.17, 15) is 0 Å². The molecule has 1 aliphatic rings. The number of rotatable bonds is 1. The fourth-order valence-electron chi connectivity index (χ4n) is 2.09. The molecule has 16 heavy (non-hydrogen) atoms. The highest BCUT2D eigenvalue weighted by atomic mass is 15.3. The molecule has 0 bridgehead atoms. The average Bonchev–Trinajstić information content (AvgIpc) is 2.74. The lowest BCUT2D eigenvalue weighted by Crippen LogP contribution is -2.44. The molecule has 0 atom stereocenters. The first-order valence-electron chi connectivity index (χ1n) is 5.55. The molecule has 0 saturated carbocycles. The van der Waals surface area contributed by atoms with E-state index >= 15 is 0 Å². The first kappa shape index (κ1) is 9.59. The number of hydrogen-bond acceptors (Lipinski definition) is 4. The van der Waals surface area contributed by atoms with Gasteiger partial charge in [-0.25, -0.2) is 4.98 Å². The quantitative estimate of drug-likeness (QED) is 0.696. The molecule has 2 aromatic rings. The van der Waals surface area contributed by atoms with Gasteiger partial charge in [-0.05, 0) is 7.05 Å². The van der Waals surface area contributed by atoms with Gasteiger partial charge in [0.25, 0.3) is 0 Å². The Hall–Kier alpha value is -1.62. The molecule has 0 unspecified atom stereocenters. The highest BCUT2D eigenvalue weighted by Crippen LogP contribution is 2.19. The lowest BCUT2D eigenvalue weighted by molar-refractivity contribution is 0.312. The number of anilines is 1. The largest absolute Gasteiger partial charge is 0.352 e. The van der Waals surface area contributed by atoms with E-state index in [2.05, 4.69) is 26.8 Å². The van der Waals surface area contributed by atoms with Crippen LogP contribution in [-0.4, -0.2) is 52.5 Å². The molecule has 1 fully saturated rings. The Balaban J connectivity index is 1.94. The smallest absolute Gasteiger partial charge is 0.156 e. The van der Waals surface area contributed by atoms with Crippen LogP contribution in [0.5, 0.6) is 0 Å². The molecule has 5 nitrogen and oxygen atoms in total. The Bertz CT molecular complexity index is 484.